The molecule has 2 aromatic rings. The van der Waals surface area contributed by atoms with Crippen molar-refractivity contribution in [1.29, 1.82) is 0 Å². The predicted molar refractivity (Wildman–Crippen MR) is 110 cm³/mol. The molecule has 0 saturated carbocycles. The fourth-order valence-corrected chi connectivity index (χ4v) is 3.35. The Balaban J connectivity index is 1.70. The van der Waals surface area contributed by atoms with Crippen LogP contribution in [0.15, 0.2) is 66.7 Å². The van der Waals surface area contributed by atoms with Crippen molar-refractivity contribution in [1.82, 2.24) is 0 Å². The average Bonchev–Trinajstić information content (AvgIpc) is 2.72. The summed E-state index contributed by atoms with van der Waals surface area (Å²) in [6.45, 7) is 3.06. The van der Waals surface area contributed by atoms with Crippen LogP contribution >= 0.6 is 0 Å². The molecule has 0 fully saturated rings. The highest BCUT2D eigenvalue weighted by Gasteiger charge is 2.22. The Kier molecular flexibility index (Phi) is 6.53. The third-order valence-corrected chi connectivity index (χ3v) is 5.00. The number of rotatable bonds is 8. The van der Waals surface area contributed by atoms with Gasteiger partial charge in [-0.25, -0.2) is 0 Å². The summed E-state index contributed by atoms with van der Waals surface area (Å²) in [7, 11) is 0. The van der Waals surface area contributed by atoms with Crippen molar-refractivity contribution in [3.8, 4) is 5.75 Å². The van der Waals surface area contributed by atoms with Gasteiger partial charge in [-0.1, -0.05) is 49.4 Å². The van der Waals surface area contributed by atoms with E-state index < -0.39 is 0 Å². The highest BCUT2D eigenvalue weighted by atomic mass is 16.5. The highest BCUT2D eigenvalue weighted by Crippen LogP contribution is 2.27. The summed E-state index contributed by atoms with van der Waals surface area (Å²) < 4.78 is 5.88. The minimum Gasteiger partial charge on any atom is -0.489 e. The van der Waals surface area contributed by atoms with Crippen molar-refractivity contribution < 1.29 is 9.53 Å². The van der Waals surface area contributed by atoms with E-state index in [1.807, 2.05) is 37.3 Å². The number of carbonyl (C=O) groups is 1. The SMILES string of the molecule is CC(CN(c1ccc(OCc2ccccc2)cc1)C1C=CCCC1)C(N)=O. The first-order chi connectivity index (χ1) is 13.1. The number of carbonyl (C=O) groups excluding carboxylic acids is 1. The molecule has 0 bridgehead atoms. The molecule has 0 saturated heterocycles. The van der Waals surface area contributed by atoms with Crippen LogP contribution < -0.4 is 15.4 Å². The van der Waals surface area contributed by atoms with Crippen LogP contribution in [0.5, 0.6) is 5.75 Å². The van der Waals surface area contributed by atoms with Crippen molar-refractivity contribution in [2.75, 3.05) is 11.4 Å². The number of anilines is 1. The van der Waals surface area contributed by atoms with Crippen molar-refractivity contribution in [2.45, 2.75) is 38.8 Å². The molecule has 27 heavy (non-hydrogen) atoms. The summed E-state index contributed by atoms with van der Waals surface area (Å²) in [5.74, 6) is 0.377. The van der Waals surface area contributed by atoms with Crippen molar-refractivity contribution >= 4 is 11.6 Å². The Bertz CT molecular complexity index is 756. The number of benzene rings is 2. The second kappa shape index (κ2) is 9.26. The summed E-state index contributed by atoms with van der Waals surface area (Å²) in [5, 5.41) is 0. The van der Waals surface area contributed by atoms with Gasteiger partial charge in [-0.05, 0) is 49.1 Å². The maximum absolute atomic E-state index is 11.6. The van der Waals surface area contributed by atoms with E-state index in [1.165, 1.54) is 6.42 Å². The number of primary amides is 1. The van der Waals surface area contributed by atoms with Crippen LogP contribution in [-0.2, 0) is 11.4 Å². The van der Waals surface area contributed by atoms with Crippen LogP contribution in [0.2, 0.25) is 0 Å². The Morgan fingerprint density at radius 2 is 1.93 bits per heavy atom. The van der Waals surface area contributed by atoms with Gasteiger partial charge in [0.15, 0.2) is 0 Å². The van der Waals surface area contributed by atoms with E-state index in [9.17, 15) is 4.79 Å². The second-order valence-electron chi connectivity index (χ2n) is 7.15. The molecule has 0 radical (unpaired) electrons. The largest absolute Gasteiger partial charge is 0.489 e. The standard InChI is InChI=1S/C23H28N2O2/c1-18(23(24)26)16-25(20-10-6-3-7-11-20)21-12-14-22(15-13-21)27-17-19-8-4-2-5-9-19/h2,4-6,8-10,12-15,18,20H,3,7,11,16-17H2,1H3,(H2,24,26). The molecule has 142 valence electrons. The first-order valence-corrected chi connectivity index (χ1v) is 9.63. The quantitative estimate of drug-likeness (QED) is 0.711. The fraction of sp³-hybridized carbons (Fsp3) is 0.348. The van der Waals surface area contributed by atoms with Crippen molar-refractivity contribution in [2.24, 2.45) is 11.7 Å². The zero-order chi connectivity index (χ0) is 19.1. The number of allylic oxidation sites excluding steroid dienone is 1. The molecule has 2 N–H and O–H groups in total. The third kappa shape index (κ3) is 5.36. The van der Waals surface area contributed by atoms with Gasteiger partial charge < -0.3 is 15.4 Å². The van der Waals surface area contributed by atoms with E-state index in [1.54, 1.807) is 0 Å². The Labute approximate surface area is 161 Å². The molecule has 4 heteroatoms. The summed E-state index contributed by atoms with van der Waals surface area (Å²) in [4.78, 5) is 13.9. The molecule has 3 rings (SSSR count). The lowest BCUT2D eigenvalue weighted by molar-refractivity contribution is -0.121. The lowest BCUT2D eigenvalue weighted by Gasteiger charge is -2.35. The summed E-state index contributed by atoms with van der Waals surface area (Å²) in [5.41, 5.74) is 7.74. The average molecular weight is 364 g/mol. The molecule has 0 aliphatic heterocycles. The molecule has 1 aliphatic rings. The Morgan fingerprint density at radius 1 is 1.19 bits per heavy atom. The van der Waals surface area contributed by atoms with Gasteiger partial charge in [-0.2, -0.15) is 0 Å². The summed E-state index contributed by atoms with van der Waals surface area (Å²) >= 11 is 0. The fourth-order valence-electron chi connectivity index (χ4n) is 3.35. The first-order valence-electron chi connectivity index (χ1n) is 9.63. The van der Waals surface area contributed by atoms with Gasteiger partial charge in [-0.15, -0.1) is 0 Å². The van der Waals surface area contributed by atoms with Crippen LogP contribution in [0, 0.1) is 5.92 Å². The number of hydrogen-bond donors (Lipinski definition) is 1. The van der Waals surface area contributed by atoms with E-state index in [-0.39, 0.29) is 11.8 Å². The summed E-state index contributed by atoms with van der Waals surface area (Å²) in [6, 6.07) is 18.5. The zero-order valence-corrected chi connectivity index (χ0v) is 15.9. The molecular weight excluding hydrogens is 336 g/mol. The minimum absolute atomic E-state index is 0.200. The van der Waals surface area contributed by atoms with Crippen LogP contribution in [0.4, 0.5) is 5.69 Å². The molecule has 2 aromatic carbocycles. The van der Waals surface area contributed by atoms with E-state index in [2.05, 4.69) is 41.3 Å². The first kappa shape index (κ1) is 19.0. The van der Waals surface area contributed by atoms with Crippen LogP contribution in [-0.4, -0.2) is 18.5 Å². The molecule has 1 aliphatic carbocycles. The Hall–Kier alpha value is -2.75. The molecule has 4 nitrogen and oxygen atoms in total. The van der Waals surface area contributed by atoms with Gasteiger partial charge in [0.25, 0.3) is 0 Å². The maximum Gasteiger partial charge on any atom is 0.222 e. The molecule has 1 amide bonds. The molecule has 0 aromatic heterocycles. The van der Waals surface area contributed by atoms with Gasteiger partial charge >= 0.3 is 0 Å². The van der Waals surface area contributed by atoms with E-state index >= 15 is 0 Å². The highest BCUT2D eigenvalue weighted by molar-refractivity contribution is 5.77. The lowest BCUT2D eigenvalue weighted by Crippen LogP contribution is -2.41. The lowest BCUT2D eigenvalue weighted by atomic mass is 9.99. The van der Waals surface area contributed by atoms with Gasteiger partial charge in [0, 0.05) is 18.3 Å². The minimum atomic E-state index is -0.261. The smallest absolute Gasteiger partial charge is 0.222 e. The number of nitrogens with two attached hydrogens (primary N) is 1. The molecule has 2 atom stereocenters. The van der Waals surface area contributed by atoms with Crippen LogP contribution in [0.25, 0.3) is 0 Å². The number of hydrogen-bond acceptors (Lipinski definition) is 3. The van der Waals surface area contributed by atoms with Crippen molar-refractivity contribution in [3.05, 3.63) is 72.3 Å². The maximum atomic E-state index is 11.6. The van der Waals surface area contributed by atoms with Gasteiger partial charge in [0.1, 0.15) is 12.4 Å². The third-order valence-electron chi connectivity index (χ3n) is 5.00. The monoisotopic (exact) mass is 364 g/mol. The number of ether oxygens (including phenoxy) is 1. The van der Waals surface area contributed by atoms with E-state index in [0.717, 1.165) is 29.8 Å². The van der Waals surface area contributed by atoms with Crippen molar-refractivity contribution in [3.63, 3.8) is 0 Å². The number of amides is 1. The van der Waals surface area contributed by atoms with Crippen LogP contribution in [0.1, 0.15) is 31.7 Å². The summed E-state index contributed by atoms with van der Waals surface area (Å²) in [6.07, 6.45) is 7.86. The number of nitrogens with zero attached hydrogens (tertiary/aromatic N) is 1. The van der Waals surface area contributed by atoms with Crippen LogP contribution in [0.3, 0.4) is 0 Å². The zero-order valence-electron chi connectivity index (χ0n) is 15.9. The van der Waals surface area contributed by atoms with E-state index in [0.29, 0.717) is 19.2 Å². The van der Waals surface area contributed by atoms with Gasteiger partial charge in [0.2, 0.25) is 5.91 Å². The predicted octanol–water partition coefficient (Wildman–Crippen LogP) is 4.30. The molecule has 2 unspecified atom stereocenters. The topological polar surface area (TPSA) is 55.6 Å². The van der Waals surface area contributed by atoms with Gasteiger partial charge in [-0.3, -0.25) is 4.79 Å². The molecule has 0 heterocycles. The van der Waals surface area contributed by atoms with Gasteiger partial charge in [0.05, 0.1) is 5.92 Å². The normalized spacial score (nSPS) is 17.3. The Morgan fingerprint density at radius 3 is 2.56 bits per heavy atom. The molecule has 0 spiro atoms. The molecular formula is C23H28N2O2. The van der Waals surface area contributed by atoms with E-state index in [4.69, 9.17) is 10.5 Å². The second-order valence-corrected chi connectivity index (χ2v) is 7.15.